The second-order valence-corrected chi connectivity index (χ2v) is 8.47. The van der Waals surface area contributed by atoms with Crippen molar-refractivity contribution < 1.29 is 33.2 Å². The van der Waals surface area contributed by atoms with Crippen LogP contribution >= 0.6 is 0 Å². The van der Waals surface area contributed by atoms with E-state index in [0.29, 0.717) is 57.1 Å². The summed E-state index contributed by atoms with van der Waals surface area (Å²) in [5.74, 6) is 3.13. The van der Waals surface area contributed by atoms with Gasteiger partial charge >= 0.3 is 0 Å². The van der Waals surface area contributed by atoms with Crippen molar-refractivity contribution in [2.45, 2.75) is 0 Å². The van der Waals surface area contributed by atoms with Crippen molar-refractivity contribution in [2.75, 3.05) is 55.2 Å². The predicted molar refractivity (Wildman–Crippen MR) is 156 cm³/mol. The van der Waals surface area contributed by atoms with Crippen molar-refractivity contribution in [1.29, 1.82) is 0 Å². The minimum atomic E-state index is -0.588. The molecular formula is C29H31N5O8. The Morgan fingerprint density at radius 1 is 0.714 bits per heavy atom. The van der Waals surface area contributed by atoms with Crippen LogP contribution in [0.4, 0.5) is 5.69 Å². The number of rotatable bonds is 12. The predicted octanol–water partition coefficient (Wildman–Crippen LogP) is 3.76. The lowest BCUT2D eigenvalue weighted by Crippen LogP contribution is -2.24. The molecule has 4 rings (SSSR count). The molecular weight excluding hydrogens is 546 g/mol. The molecule has 0 unspecified atom stereocenters. The Labute approximate surface area is 242 Å². The summed E-state index contributed by atoms with van der Waals surface area (Å²) in [4.78, 5) is 17.8. The van der Waals surface area contributed by atoms with E-state index in [-0.39, 0.29) is 17.2 Å². The molecule has 0 bridgehead atoms. The van der Waals surface area contributed by atoms with Crippen molar-refractivity contribution in [2.24, 2.45) is 5.10 Å². The molecule has 0 aliphatic carbocycles. The van der Waals surface area contributed by atoms with E-state index in [0.717, 1.165) is 0 Å². The normalized spacial score (nSPS) is 11.0. The maximum atomic E-state index is 13.2. The number of hydrogen-bond acceptors (Lipinski definition) is 12. The Morgan fingerprint density at radius 2 is 1.24 bits per heavy atom. The number of benzene rings is 3. The van der Waals surface area contributed by atoms with Gasteiger partial charge < -0.3 is 33.2 Å². The standard InChI is InChI=1S/C29H31N5O8/c1-36-19-10-8-18(9-11-19)31-32-24(16-12-20(37-2)26(41-6)21(13-16)38-3)25-29(35)34-33-28(30-25)17-14-22(39-4)27(42-7)23(15-17)40-5/h8-15,31H,1-7H3,(H,34,35)/b32-24-. The minimum Gasteiger partial charge on any atom is -0.497 e. The smallest absolute Gasteiger partial charge is 0.292 e. The molecule has 13 heteroatoms. The average Bonchev–Trinajstić information content (AvgIpc) is 3.04. The highest BCUT2D eigenvalue weighted by atomic mass is 16.5. The summed E-state index contributed by atoms with van der Waals surface area (Å²) in [5.41, 5.74) is 4.11. The number of nitrogens with zero attached hydrogens (tertiary/aromatic N) is 3. The molecule has 0 aliphatic rings. The van der Waals surface area contributed by atoms with E-state index in [1.165, 1.54) is 42.7 Å². The monoisotopic (exact) mass is 577 g/mol. The number of hydrazone groups is 1. The van der Waals surface area contributed by atoms with Crippen LogP contribution in [0.2, 0.25) is 0 Å². The molecule has 13 nitrogen and oxygen atoms in total. The maximum Gasteiger partial charge on any atom is 0.292 e. The van der Waals surface area contributed by atoms with Crippen molar-refractivity contribution in [3.05, 3.63) is 70.1 Å². The van der Waals surface area contributed by atoms with E-state index in [9.17, 15) is 4.79 Å². The van der Waals surface area contributed by atoms with Crippen LogP contribution < -0.4 is 44.1 Å². The first-order valence-electron chi connectivity index (χ1n) is 12.5. The van der Waals surface area contributed by atoms with Gasteiger partial charge in [-0.3, -0.25) is 10.2 Å². The Bertz CT molecular complexity index is 1590. The molecule has 0 spiro atoms. The van der Waals surface area contributed by atoms with Gasteiger partial charge in [0.2, 0.25) is 11.5 Å². The SMILES string of the molecule is COc1ccc(N/N=C(/c2cc(OC)c(OC)c(OC)c2)c2nc(-c3cc(OC)c(OC)c(OC)c3)n[nH]c2=O)cc1. The lowest BCUT2D eigenvalue weighted by molar-refractivity contribution is 0.324. The molecule has 1 heterocycles. The summed E-state index contributed by atoms with van der Waals surface area (Å²) in [6.07, 6.45) is 0. The molecule has 42 heavy (non-hydrogen) atoms. The Morgan fingerprint density at radius 3 is 1.71 bits per heavy atom. The van der Waals surface area contributed by atoms with Gasteiger partial charge in [-0.05, 0) is 48.5 Å². The van der Waals surface area contributed by atoms with E-state index in [2.05, 4.69) is 25.7 Å². The first-order valence-corrected chi connectivity index (χ1v) is 12.5. The quantitative estimate of drug-likeness (QED) is 0.187. The lowest BCUT2D eigenvalue weighted by atomic mass is 10.1. The molecule has 0 atom stereocenters. The summed E-state index contributed by atoms with van der Waals surface area (Å²) >= 11 is 0. The van der Waals surface area contributed by atoms with E-state index < -0.39 is 5.56 Å². The molecule has 0 radical (unpaired) electrons. The molecule has 0 saturated carbocycles. The lowest BCUT2D eigenvalue weighted by Gasteiger charge is -2.16. The van der Waals surface area contributed by atoms with Crippen LogP contribution in [0.25, 0.3) is 11.4 Å². The van der Waals surface area contributed by atoms with Gasteiger partial charge in [0.1, 0.15) is 11.5 Å². The van der Waals surface area contributed by atoms with Gasteiger partial charge in [0.25, 0.3) is 5.56 Å². The zero-order valence-corrected chi connectivity index (χ0v) is 24.2. The van der Waals surface area contributed by atoms with Crippen LogP contribution in [0.15, 0.2) is 58.4 Å². The highest BCUT2D eigenvalue weighted by Crippen LogP contribution is 2.41. The van der Waals surface area contributed by atoms with E-state index in [4.69, 9.17) is 33.2 Å². The number of ether oxygens (including phenoxy) is 7. The van der Waals surface area contributed by atoms with Crippen LogP contribution in [0.5, 0.6) is 40.2 Å². The summed E-state index contributed by atoms with van der Waals surface area (Å²) in [5, 5.41) is 11.3. The van der Waals surface area contributed by atoms with Crippen molar-refractivity contribution >= 4 is 11.4 Å². The Balaban J connectivity index is 1.92. The van der Waals surface area contributed by atoms with E-state index in [1.807, 2.05) is 0 Å². The van der Waals surface area contributed by atoms with Gasteiger partial charge in [-0.2, -0.15) is 10.2 Å². The zero-order chi connectivity index (χ0) is 30.2. The van der Waals surface area contributed by atoms with Crippen molar-refractivity contribution in [1.82, 2.24) is 15.2 Å². The van der Waals surface area contributed by atoms with Gasteiger partial charge in [-0.25, -0.2) is 10.1 Å². The van der Waals surface area contributed by atoms with Crippen molar-refractivity contribution in [3.8, 4) is 51.6 Å². The molecule has 2 N–H and O–H groups in total. The third-order valence-electron chi connectivity index (χ3n) is 6.17. The fraction of sp³-hybridized carbons (Fsp3) is 0.241. The number of nitrogens with one attached hydrogen (secondary N) is 2. The minimum absolute atomic E-state index is 0.0379. The van der Waals surface area contributed by atoms with Crippen molar-refractivity contribution in [3.63, 3.8) is 0 Å². The second-order valence-electron chi connectivity index (χ2n) is 8.47. The van der Waals surface area contributed by atoms with Gasteiger partial charge in [0, 0.05) is 11.1 Å². The number of hydrogen-bond donors (Lipinski definition) is 2. The van der Waals surface area contributed by atoms with Gasteiger partial charge in [-0.1, -0.05) is 0 Å². The van der Waals surface area contributed by atoms with Crippen LogP contribution in [-0.2, 0) is 0 Å². The molecule has 4 aromatic rings. The summed E-state index contributed by atoms with van der Waals surface area (Å²) in [6.45, 7) is 0. The van der Waals surface area contributed by atoms with Crippen LogP contribution in [-0.4, -0.2) is 70.7 Å². The number of aromatic nitrogens is 3. The number of aromatic amines is 1. The molecule has 0 saturated heterocycles. The number of methoxy groups -OCH3 is 7. The molecule has 3 aromatic carbocycles. The topological polar surface area (TPSA) is 148 Å². The average molecular weight is 578 g/mol. The summed E-state index contributed by atoms with van der Waals surface area (Å²) in [7, 11) is 10.6. The molecule has 0 amide bonds. The summed E-state index contributed by atoms with van der Waals surface area (Å²) in [6, 6.07) is 13.8. The molecule has 220 valence electrons. The van der Waals surface area contributed by atoms with Gasteiger partial charge in [0.15, 0.2) is 34.5 Å². The van der Waals surface area contributed by atoms with Gasteiger partial charge in [0.05, 0.1) is 55.5 Å². The molecule has 0 fully saturated rings. The van der Waals surface area contributed by atoms with Crippen LogP contribution in [0.1, 0.15) is 11.3 Å². The van der Waals surface area contributed by atoms with E-state index >= 15 is 0 Å². The highest BCUT2D eigenvalue weighted by molar-refractivity contribution is 6.12. The summed E-state index contributed by atoms with van der Waals surface area (Å²) < 4.78 is 38.1. The van der Waals surface area contributed by atoms with Crippen LogP contribution in [0, 0.1) is 0 Å². The second kappa shape index (κ2) is 13.3. The molecule has 0 aliphatic heterocycles. The molecule has 1 aromatic heterocycles. The third-order valence-corrected chi connectivity index (χ3v) is 6.17. The zero-order valence-electron chi connectivity index (χ0n) is 24.2. The fourth-order valence-corrected chi connectivity index (χ4v) is 4.10. The van der Waals surface area contributed by atoms with Gasteiger partial charge in [-0.15, -0.1) is 0 Å². The van der Waals surface area contributed by atoms with E-state index in [1.54, 1.807) is 55.6 Å². The van der Waals surface area contributed by atoms with Crippen LogP contribution in [0.3, 0.4) is 0 Å². The Hall–Kier alpha value is -5.46. The largest absolute Gasteiger partial charge is 0.497 e. The highest BCUT2D eigenvalue weighted by Gasteiger charge is 2.22. The third kappa shape index (κ3) is 5.99. The number of anilines is 1. The Kier molecular flexibility index (Phi) is 9.32. The maximum absolute atomic E-state index is 13.2. The number of H-pyrrole nitrogens is 1. The first kappa shape index (κ1) is 29.5. The fourth-order valence-electron chi connectivity index (χ4n) is 4.10. The first-order chi connectivity index (χ1) is 20.4.